The molecule has 0 aliphatic heterocycles. The summed E-state index contributed by atoms with van der Waals surface area (Å²) < 4.78 is 7.55. The summed E-state index contributed by atoms with van der Waals surface area (Å²) in [5.41, 5.74) is 4.85. The average Bonchev–Trinajstić information content (AvgIpc) is 2.84. The molecule has 0 bridgehead atoms. The van der Waals surface area contributed by atoms with Gasteiger partial charge in [-0.05, 0) is 43.2 Å². The summed E-state index contributed by atoms with van der Waals surface area (Å²) in [4.78, 5) is 4.56. The molecule has 126 valence electrons. The fourth-order valence-corrected chi connectivity index (χ4v) is 3.10. The summed E-state index contributed by atoms with van der Waals surface area (Å²) in [6, 6.07) is 9.94. The van der Waals surface area contributed by atoms with Crippen LogP contribution in [-0.2, 0) is 17.8 Å². The zero-order valence-corrected chi connectivity index (χ0v) is 15.0. The molecule has 1 N–H and O–H groups in total. The summed E-state index contributed by atoms with van der Waals surface area (Å²) in [5.74, 6) is 0.898. The number of hydrogen-bond donors (Lipinski definition) is 1. The summed E-state index contributed by atoms with van der Waals surface area (Å²) in [6.07, 6.45) is 1.86. The maximum Gasteiger partial charge on any atom is 0.150 e. The highest BCUT2D eigenvalue weighted by molar-refractivity contribution is 6.30. The minimum Gasteiger partial charge on any atom is -0.383 e. The predicted molar refractivity (Wildman–Crippen MR) is 99.9 cm³/mol. The molecular formula is C19H22ClN3O. The summed E-state index contributed by atoms with van der Waals surface area (Å²) >= 11 is 5.95. The van der Waals surface area contributed by atoms with E-state index in [9.17, 15) is 0 Å². The minimum atomic E-state index is 0.676. The lowest BCUT2D eigenvalue weighted by molar-refractivity contribution is 0.188. The van der Waals surface area contributed by atoms with E-state index in [4.69, 9.17) is 16.3 Å². The molecule has 0 aliphatic carbocycles. The summed E-state index contributed by atoms with van der Waals surface area (Å²) in [7, 11) is 1.73. The van der Waals surface area contributed by atoms with Crippen molar-refractivity contribution in [3.8, 4) is 0 Å². The van der Waals surface area contributed by atoms with E-state index in [-0.39, 0.29) is 0 Å². The number of benzene rings is 1. The molecule has 5 heteroatoms. The van der Waals surface area contributed by atoms with Crippen molar-refractivity contribution in [3.05, 3.63) is 58.4 Å². The number of aryl methyl sites for hydroxylation is 1. The number of fused-ring (bicyclic) bond motifs is 1. The van der Waals surface area contributed by atoms with Crippen molar-refractivity contribution >= 4 is 28.3 Å². The number of aromatic nitrogens is 2. The average molecular weight is 344 g/mol. The highest BCUT2D eigenvalue weighted by atomic mass is 35.5. The molecule has 3 rings (SSSR count). The van der Waals surface area contributed by atoms with Crippen LogP contribution in [0, 0.1) is 13.8 Å². The van der Waals surface area contributed by atoms with Crippen molar-refractivity contribution in [2.75, 3.05) is 19.0 Å². The van der Waals surface area contributed by atoms with Crippen molar-refractivity contribution in [2.45, 2.75) is 26.9 Å². The molecule has 24 heavy (non-hydrogen) atoms. The molecule has 2 aromatic heterocycles. The van der Waals surface area contributed by atoms with Crippen LogP contribution in [0.15, 0.2) is 36.5 Å². The van der Waals surface area contributed by atoms with Gasteiger partial charge in [0.15, 0.2) is 5.82 Å². The van der Waals surface area contributed by atoms with E-state index in [1.807, 2.05) is 30.5 Å². The number of halogens is 1. The number of hydrogen-bond acceptors (Lipinski definition) is 3. The Morgan fingerprint density at radius 2 is 1.92 bits per heavy atom. The van der Waals surface area contributed by atoms with E-state index in [1.165, 1.54) is 22.2 Å². The summed E-state index contributed by atoms with van der Waals surface area (Å²) in [6.45, 7) is 6.50. The van der Waals surface area contributed by atoms with Crippen LogP contribution in [0.5, 0.6) is 0 Å². The first-order valence-corrected chi connectivity index (χ1v) is 8.41. The van der Waals surface area contributed by atoms with Crippen molar-refractivity contribution < 1.29 is 4.74 Å². The van der Waals surface area contributed by atoms with Gasteiger partial charge in [-0.25, -0.2) is 4.98 Å². The zero-order chi connectivity index (χ0) is 17.1. The standard InChI is InChI=1S/C19H22ClN3O/c1-13-14(2)23(10-11-24-3)18-17(13)8-9-21-19(18)22-12-15-4-6-16(20)7-5-15/h4-9H,10-12H2,1-3H3,(H,21,22). The Bertz CT molecular complexity index is 840. The van der Waals surface area contributed by atoms with Crippen molar-refractivity contribution in [1.82, 2.24) is 9.55 Å². The van der Waals surface area contributed by atoms with Gasteiger partial charge in [0.1, 0.15) is 0 Å². The molecule has 2 heterocycles. The van der Waals surface area contributed by atoms with E-state index in [0.717, 1.165) is 22.9 Å². The fourth-order valence-electron chi connectivity index (χ4n) is 2.97. The second-order valence-corrected chi connectivity index (χ2v) is 6.33. The third kappa shape index (κ3) is 3.25. The smallest absolute Gasteiger partial charge is 0.150 e. The van der Waals surface area contributed by atoms with Gasteiger partial charge in [-0.2, -0.15) is 0 Å². The number of rotatable bonds is 6. The predicted octanol–water partition coefficient (Wildman–Crippen LogP) is 4.57. The van der Waals surface area contributed by atoms with Gasteiger partial charge in [0.2, 0.25) is 0 Å². The molecule has 0 saturated carbocycles. The molecule has 0 unspecified atom stereocenters. The quantitative estimate of drug-likeness (QED) is 0.712. The van der Waals surface area contributed by atoms with Gasteiger partial charge >= 0.3 is 0 Å². The Morgan fingerprint density at radius 1 is 1.17 bits per heavy atom. The van der Waals surface area contributed by atoms with Crippen molar-refractivity contribution in [3.63, 3.8) is 0 Å². The highest BCUT2D eigenvalue weighted by Gasteiger charge is 2.14. The number of anilines is 1. The van der Waals surface area contributed by atoms with Crippen LogP contribution in [-0.4, -0.2) is 23.3 Å². The molecule has 0 saturated heterocycles. The number of methoxy groups -OCH3 is 1. The molecule has 0 radical (unpaired) electrons. The first kappa shape index (κ1) is 16.8. The first-order chi connectivity index (χ1) is 11.6. The molecule has 3 aromatic rings. The van der Waals surface area contributed by atoms with Gasteiger partial charge < -0.3 is 14.6 Å². The molecule has 1 aromatic carbocycles. The van der Waals surface area contributed by atoms with Crippen LogP contribution in [0.3, 0.4) is 0 Å². The number of nitrogens with zero attached hydrogens (tertiary/aromatic N) is 2. The molecule has 0 aliphatic rings. The third-order valence-corrected chi connectivity index (χ3v) is 4.69. The van der Waals surface area contributed by atoms with Crippen LogP contribution in [0.1, 0.15) is 16.8 Å². The van der Waals surface area contributed by atoms with Gasteiger partial charge in [-0.15, -0.1) is 0 Å². The van der Waals surface area contributed by atoms with Gasteiger partial charge in [-0.1, -0.05) is 23.7 Å². The van der Waals surface area contributed by atoms with Gasteiger partial charge in [-0.3, -0.25) is 0 Å². The lowest BCUT2D eigenvalue weighted by Crippen LogP contribution is -2.09. The summed E-state index contributed by atoms with van der Waals surface area (Å²) in [5, 5.41) is 5.45. The second kappa shape index (κ2) is 7.24. The monoisotopic (exact) mass is 343 g/mol. The van der Waals surface area contributed by atoms with E-state index in [0.29, 0.717) is 13.2 Å². The number of ether oxygens (including phenoxy) is 1. The minimum absolute atomic E-state index is 0.676. The van der Waals surface area contributed by atoms with Gasteiger partial charge in [0.25, 0.3) is 0 Å². The highest BCUT2D eigenvalue weighted by Crippen LogP contribution is 2.29. The van der Waals surface area contributed by atoms with Gasteiger partial charge in [0.05, 0.1) is 12.1 Å². The van der Waals surface area contributed by atoms with Crippen LogP contribution in [0.4, 0.5) is 5.82 Å². The zero-order valence-electron chi connectivity index (χ0n) is 14.3. The number of pyridine rings is 1. The second-order valence-electron chi connectivity index (χ2n) is 5.89. The van der Waals surface area contributed by atoms with Crippen LogP contribution >= 0.6 is 11.6 Å². The number of nitrogens with one attached hydrogen (secondary N) is 1. The lowest BCUT2D eigenvalue weighted by atomic mass is 10.2. The maximum absolute atomic E-state index is 5.95. The Morgan fingerprint density at radius 3 is 2.62 bits per heavy atom. The maximum atomic E-state index is 5.95. The molecule has 0 spiro atoms. The Labute approximate surface area is 147 Å². The van der Waals surface area contributed by atoms with Crippen molar-refractivity contribution in [2.24, 2.45) is 0 Å². The molecule has 0 fully saturated rings. The van der Waals surface area contributed by atoms with Crippen molar-refractivity contribution in [1.29, 1.82) is 0 Å². The van der Waals surface area contributed by atoms with E-state index in [1.54, 1.807) is 7.11 Å². The Hall–Kier alpha value is -2.04. The SMILES string of the molecule is COCCn1c(C)c(C)c2ccnc(NCc3ccc(Cl)cc3)c21. The van der Waals surface area contributed by atoms with Gasteiger partial charge in [0, 0.05) is 42.5 Å². The van der Waals surface area contributed by atoms with E-state index >= 15 is 0 Å². The molecular weight excluding hydrogens is 322 g/mol. The topological polar surface area (TPSA) is 39.1 Å². The molecule has 0 amide bonds. The van der Waals surface area contributed by atoms with Crippen LogP contribution in [0.25, 0.3) is 10.9 Å². The Kier molecular flexibility index (Phi) is 5.07. The third-order valence-electron chi connectivity index (χ3n) is 4.44. The Balaban J connectivity index is 1.95. The lowest BCUT2D eigenvalue weighted by Gasteiger charge is -2.12. The normalized spacial score (nSPS) is 11.2. The fraction of sp³-hybridized carbons (Fsp3) is 0.316. The van der Waals surface area contributed by atoms with Crippen LogP contribution in [0.2, 0.25) is 5.02 Å². The van der Waals surface area contributed by atoms with E-state index in [2.05, 4.69) is 34.8 Å². The largest absolute Gasteiger partial charge is 0.383 e. The van der Waals surface area contributed by atoms with E-state index < -0.39 is 0 Å². The molecule has 0 atom stereocenters. The molecule has 4 nitrogen and oxygen atoms in total. The first-order valence-electron chi connectivity index (χ1n) is 8.03. The van der Waals surface area contributed by atoms with Crippen LogP contribution < -0.4 is 5.32 Å².